The third kappa shape index (κ3) is 2.97. The lowest BCUT2D eigenvalue weighted by atomic mass is 10.2. The van der Waals surface area contributed by atoms with Crippen molar-refractivity contribution in [3.05, 3.63) is 41.7 Å². The van der Waals surface area contributed by atoms with E-state index in [1.54, 1.807) is 24.3 Å². The topological polar surface area (TPSA) is 77.2 Å². The summed E-state index contributed by atoms with van der Waals surface area (Å²) in [5.74, 6) is -0.366. The second-order valence-corrected chi connectivity index (χ2v) is 3.98. The van der Waals surface area contributed by atoms with Crippen LogP contribution in [0.1, 0.15) is 29.4 Å². The van der Waals surface area contributed by atoms with E-state index in [-0.39, 0.29) is 12.6 Å². The van der Waals surface area contributed by atoms with Gasteiger partial charge in [0.1, 0.15) is 0 Å². The molecule has 2 aromatic rings. The van der Waals surface area contributed by atoms with Crippen LogP contribution in [0.15, 0.2) is 30.5 Å². The highest BCUT2D eigenvalue weighted by Crippen LogP contribution is 2.13. The van der Waals surface area contributed by atoms with Crippen molar-refractivity contribution < 1.29 is 14.6 Å². The third-order valence-corrected chi connectivity index (χ3v) is 2.55. The number of hydrogen-bond acceptors (Lipinski definition) is 5. The molecule has 0 atom stereocenters. The van der Waals surface area contributed by atoms with Gasteiger partial charge in [-0.15, -0.1) is 5.10 Å². The molecule has 0 spiro atoms. The van der Waals surface area contributed by atoms with Crippen LogP contribution in [0, 0.1) is 0 Å². The van der Waals surface area contributed by atoms with Crippen molar-refractivity contribution in [3.63, 3.8) is 0 Å². The number of esters is 1. The SMILES string of the molecule is CCCOC(=O)c1cccc(-n2nncc2CO)c1. The van der Waals surface area contributed by atoms with Gasteiger partial charge in [-0.1, -0.05) is 18.2 Å². The second-order valence-electron chi connectivity index (χ2n) is 3.98. The van der Waals surface area contributed by atoms with Gasteiger partial charge < -0.3 is 9.84 Å². The lowest BCUT2D eigenvalue weighted by Crippen LogP contribution is -2.08. The number of aromatic nitrogens is 3. The number of aliphatic hydroxyl groups excluding tert-OH is 1. The van der Waals surface area contributed by atoms with E-state index in [9.17, 15) is 9.90 Å². The zero-order chi connectivity index (χ0) is 13.7. The summed E-state index contributed by atoms with van der Waals surface area (Å²) >= 11 is 0. The summed E-state index contributed by atoms with van der Waals surface area (Å²) in [6, 6.07) is 6.86. The molecular weight excluding hydrogens is 246 g/mol. The lowest BCUT2D eigenvalue weighted by Gasteiger charge is -2.07. The van der Waals surface area contributed by atoms with Gasteiger partial charge >= 0.3 is 5.97 Å². The Morgan fingerprint density at radius 2 is 2.32 bits per heavy atom. The minimum atomic E-state index is -0.366. The van der Waals surface area contributed by atoms with E-state index in [0.29, 0.717) is 23.6 Å². The Balaban J connectivity index is 2.27. The summed E-state index contributed by atoms with van der Waals surface area (Å²) in [6.45, 7) is 2.17. The van der Waals surface area contributed by atoms with Crippen molar-refractivity contribution in [2.45, 2.75) is 20.0 Å². The maximum absolute atomic E-state index is 11.8. The molecule has 0 saturated heterocycles. The van der Waals surface area contributed by atoms with Crippen LogP contribution >= 0.6 is 0 Å². The van der Waals surface area contributed by atoms with Crippen LogP contribution in [0.5, 0.6) is 0 Å². The van der Waals surface area contributed by atoms with Gasteiger partial charge in [0.2, 0.25) is 0 Å². The maximum Gasteiger partial charge on any atom is 0.338 e. The fourth-order valence-corrected chi connectivity index (χ4v) is 1.62. The number of hydrogen-bond donors (Lipinski definition) is 1. The number of ether oxygens (including phenoxy) is 1. The van der Waals surface area contributed by atoms with E-state index in [1.807, 2.05) is 6.92 Å². The molecule has 1 N–H and O–H groups in total. The molecule has 0 saturated carbocycles. The maximum atomic E-state index is 11.8. The number of carbonyl (C=O) groups is 1. The Hall–Kier alpha value is -2.21. The molecule has 0 bridgehead atoms. The van der Waals surface area contributed by atoms with E-state index in [2.05, 4.69) is 10.3 Å². The predicted octanol–water partition coefficient (Wildman–Crippen LogP) is 1.33. The normalized spacial score (nSPS) is 10.4. The second kappa shape index (κ2) is 6.10. The van der Waals surface area contributed by atoms with Crippen LogP contribution in [0.25, 0.3) is 5.69 Å². The van der Waals surface area contributed by atoms with Gasteiger partial charge in [-0.3, -0.25) is 0 Å². The molecule has 2 rings (SSSR count). The van der Waals surface area contributed by atoms with Gasteiger partial charge in [0.05, 0.1) is 36.4 Å². The summed E-state index contributed by atoms with van der Waals surface area (Å²) < 4.78 is 6.56. The number of benzene rings is 1. The predicted molar refractivity (Wildman–Crippen MR) is 67.9 cm³/mol. The first-order chi connectivity index (χ1) is 9.26. The highest BCUT2D eigenvalue weighted by Gasteiger charge is 2.10. The number of nitrogens with zero attached hydrogens (tertiary/aromatic N) is 3. The first-order valence-electron chi connectivity index (χ1n) is 6.04. The van der Waals surface area contributed by atoms with Gasteiger partial charge in [0.15, 0.2) is 0 Å². The van der Waals surface area contributed by atoms with E-state index >= 15 is 0 Å². The van der Waals surface area contributed by atoms with E-state index < -0.39 is 0 Å². The van der Waals surface area contributed by atoms with Crippen LogP contribution in [0.3, 0.4) is 0 Å². The molecule has 6 heteroatoms. The van der Waals surface area contributed by atoms with Gasteiger partial charge in [-0.25, -0.2) is 9.48 Å². The van der Waals surface area contributed by atoms with Crippen molar-refractivity contribution in [1.82, 2.24) is 15.0 Å². The van der Waals surface area contributed by atoms with Gasteiger partial charge in [-0.2, -0.15) is 0 Å². The van der Waals surface area contributed by atoms with Crippen LogP contribution < -0.4 is 0 Å². The molecule has 1 aromatic carbocycles. The van der Waals surface area contributed by atoms with Crippen LogP contribution in [0.4, 0.5) is 0 Å². The Labute approximate surface area is 110 Å². The minimum absolute atomic E-state index is 0.169. The Morgan fingerprint density at radius 1 is 1.47 bits per heavy atom. The fourth-order valence-electron chi connectivity index (χ4n) is 1.62. The quantitative estimate of drug-likeness (QED) is 0.821. The number of carbonyl (C=O) groups excluding carboxylic acids is 1. The monoisotopic (exact) mass is 261 g/mol. The van der Waals surface area contributed by atoms with E-state index in [1.165, 1.54) is 10.9 Å². The Bertz CT molecular complexity index is 566. The van der Waals surface area contributed by atoms with Crippen molar-refractivity contribution in [3.8, 4) is 5.69 Å². The lowest BCUT2D eigenvalue weighted by molar-refractivity contribution is 0.0505. The van der Waals surface area contributed by atoms with Crippen LogP contribution in [0.2, 0.25) is 0 Å². The molecule has 0 radical (unpaired) electrons. The van der Waals surface area contributed by atoms with Crippen molar-refractivity contribution in [1.29, 1.82) is 0 Å². The highest BCUT2D eigenvalue weighted by atomic mass is 16.5. The molecule has 0 unspecified atom stereocenters. The zero-order valence-electron chi connectivity index (χ0n) is 10.6. The van der Waals surface area contributed by atoms with Crippen LogP contribution in [-0.2, 0) is 11.3 Å². The molecule has 19 heavy (non-hydrogen) atoms. The summed E-state index contributed by atoms with van der Waals surface area (Å²) in [6.07, 6.45) is 2.26. The number of aliphatic hydroxyl groups is 1. The molecule has 6 nitrogen and oxygen atoms in total. The van der Waals surface area contributed by atoms with Crippen molar-refractivity contribution in [2.24, 2.45) is 0 Å². The molecule has 0 fully saturated rings. The highest BCUT2D eigenvalue weighted by molar-refractivity contribution is 5.90. The molecule has 1 aromatic heterocycles. The summed E-state index contributed by atoms with van der Waals surface area (Å²) in [5, 5.41) is 16.8. The number of rotatable bonds is 5. The Kier molecular flexibility index (Phi) is 4.25. The standard InChI is InChI=1S/C13H15N3O3/c1-2-6-19-13(18)10-4-3-5-11(7-10)16-12(9-17)8-14-15-16/h3-5,7-8,17H,2,6,9H2,1H3. The van der Waals surface area contributed by atoms with E-state index in [0.717, 1.165) is 6.42 Å². The zero-order valence-corrected chi connectivity index (χ0v) is 10.6. The smallest absolute Gasteiger partial charge is 0.338 e. The van der Waals surface area contributed by atoms with Crippen molar-refractivity contribution >= 4 is 5.97 Å². The van der Waals surface area contributed by atoms with E-state index in [4.69, 9.17) is 4.74 Å². The molecule has 0 amide bonds. The molecule has 0 aliphatic heterocycles. The van der Waals surface area contributed by atoms with Crippen LogP contribution in [-0.4, -0.2) is 32.7 Å². The fraction of sp³-hybridized carbons (Fsp3) is 0.308. The molecule has 0 aliphatic rings. The summed E-state index contributed by atoms with van der Waals surface area (Å²) in [5.41, 5.74) is 1.66. The summed E-state index contributed by atoms with van der Waals surface area (Å²) in [4.78, 5) is 11.8. The average Bonchev–Trinajstić information content (AvgIpc) is 2.93. The van der Waals surface area contributed by atoms with Gasteiger partial charge in [0.25, 0.3) is 0 Å². The Morgan fingerprint density at radius 3 is 3.05 bits per heavy atom. The van der Waals surface area contributed by atoms with Gasteiger partial charge in [-0.05, 0) is 24.6 Å². The van der Waals surface area contributed by atoms with Gasteiger partial charge in [0, 0.05) is 0 Å². The third-order valence-electron chi connectivity index (χ3n) is 2.55. The molecular formula is C13H15N3O3. The van der Waals surface area contributed by atoms with Crippen molar-refractivity contribution in [2.75, 3.05) is 6.61 Å². The molecule has 0 aliphatic carbocycles. The minimum Gasteiger partial charge on any atom is -0.462 e. The molecule has 100 valence electrons. The average molecular weight is 261 g/mol. The summed E-state index contributed by atoms with van der Waals surface area (Å²) in [7, 11) is 0. The molecule has 1 heterocycles. The first kappa shape index (κ1) is 13.2. The first-order valence-corrected chi connectivity index (χ1v) is 6.04. The largest absolute Gasteiger partial charge is 0.462 e.